The number of carboxylic acids is 4. The van der Waals surface area contributed by atoms with Crippen LogP contribution in [0.25, 0.3) is 11.2 Å². The highest BCUT2D eigenvalue weighted by Gasteiger charge is 2.44. The Labute approximate surface area is 692 Å². The number of carbonyl (C=O) groups excluding carboxylic acids is 11. The number of H-pyrrole nitrogens is 1. The standard InChI is InChI=1S/C70H100F3N13O35S/c71-70(72,73)68(121)86(24-33-20-78-60-53(79-33)65(116)85-69(74)84-60)34-6-1-29(2-7-34)61(112)82-38(66(117)118)9-8-35(90)17-30(3-12-48(99)75-21-42(93)54(106)57(109)45(96)25-87)62(113)80-36(10-15-51(102)103)40(91)18-31(4-13-49(100)76-22-43(94)55(107)58(110)46(97)26-88)63(114)81-37(11-16-52(104)105)41(92)19-32(64(115)83-39(28-122)67(119)120)5-14-50(101)77-23-44(95)56(108)59(111)47(98)27-89/h1-2,6-7,20,30-32,36-39,42-47,54-59,87-89,93-98,106-111,122H,3-5,8-19,21-28H2,(H,75,99)(H,76,100)(H,77,101)(H,80,113)(H,81,114)(H,82,112)(H,83,115)(H,102,103)(H,104,105)(H,117,118)(H,119,120)(H3,74,78,84,85,116)/t30-,31-,32-,36-,37-,38-,39-,42+,43+,44+,45-,46-,47-,54-,55-,56-,57-,58-,59-/m1/s1. The van der Waals surface area contributed by atoms with E-state index >= 15 is 0 Å². The van der Waals surface area contributed by atoms with Crippen LogP contribution in [-0.2, 0) is 73.7 Å². The summed E-state index contributed by atoms with van der Waals surface area (Å²) < 4.78 is 42.0. The van der Waals surface area contributed by atoms with Gasteiger partial charge in [0.25, 0.3) is 11.5 Å². The summed E-state index contributed by atoms with van der Waals surface area (Å²) in [5.41, 5.74) is 2.41. The van der Waals surface area contributed by atoms with Crippen LogP contribution >= 0.6 is 12.6 Å². The molecular weight excluding hydrogens is 1670 g/mol. The van der Waals surface area contributed by atoms with Crippen molar-refractivity contribution >= 4 is 124 Å². The number of nitrogens with zero attached hydrogens (tertiary/aromatic N) is 4. The van der Waals surface area contributed by atoms with Crippen molar-refractivity contribution in [2.45, 2.75) is 206 Å². The maximum absolute atomic E-state index is 14.8. The molecule has 8 amide bonds. The number of anilines is 2. The summed E-state index contributed by atoms with van der Waals surface area (Å²) in [4.78, 5) is 228. The van der Waals surface area contributed by atoms with Crippen LogP contribution < -0.4 is 53.4 Å². The Morgan fingerprint density at radius 1 is 0.475 bits per heavy atom. The summed E-state index contributed by atoms with van der Waals surface area (Å²) in [7, 11) is 0. The smallest absolute Gasteiger partial charge is 0.471 e. The van der Waals surface area contributed by atoms with Crippen molar-refractivity contribution in [1.82, 2.24) is 57.2 Å². The Bertz CT molecular complexity index is 4140. The number of Topliss-reactive ketones (excluding diaryl/α,β-unsaturated/α-hetero) is 3. The molecule has 2 heterocycles. The number of aromatic nitrogens is 4. The minimum absolute atomic E-state index is 0.145. The molecule has 682 valence electrons. The van der Waals surface area contributed by atoms with E-state index in [2.05, 4.69) is 69.8 Å². The zero-order valence-corrected chi connectivity index (χ0v) is 65.5. The molecule has 52 heteroatoms. The summed E-state index contributed by atoms with van der Waals surface area (Å²) in [6.45, 7) is -7.01. The predicted molar refractivity (Wildman–Crippen MR) is 405 cm³/mol. The van der Waals surface area contributed by atoms with Gasteiger partial charge in [-0.2, -0.15) is 30.8 Å². The number of fused-ring (bicyclic) bond motifs is 1. The number of nitrogens with two attached hydrogens (primary N) is 1. The van der Waals surface area contributed by atoms with Gasteiger partial charge >= 0.3 is 36.0 Å². The van der Waals surface area contributed by atoms with Crippen LogP contribution in [0.2, 0.25) is 0 Å². The summed E-state index contributed by atoms with van der Waals surface area (Å²) >= 11 is 3.88. The number of hydrogen-bond acceptors (Lipinski definition) is 36. The van der Waals surface area contributed by atoms with Gasteiger partial charge in [-0.3, -0.25) is 77.0 Å². The van der Waals surface area contributed by atoms with E-state index < -0.39 is 380 Å². The minimum atomic E-state index is -5.54. The maximum atomic E-state index is 14.8. The number of nitrogens with one attached hydrogen (secondary N) is 8. The molecule has 0 bridgehead atoms. The van der Waals surface area contributed by atoms with Crippen LogP contribution in [0, 0.1) is 17.8 Å². The minimum Gasteiger partial charge on any atom is -0.481 e. The van der Waals surface area contributed by atoms with Crippen molar-refractivity contribution in [3.8, 4) is 0 Å². The largest absolute Gasteiger partial charge is 0.481 e. The second kappa shape index (κ2) is 51.4. The van der Waals surface area contributed by atoms with E-state index in [9.17, 15) is 182 Å². The molecule has 48 nitrogen and oxygen atoms in total. The number of amides is 8. The number of aromatic amines is 1. The lowest BCUT2D eigenvalue weighted by Gasteiger charge is -2.26. The number of aliphatic hydroxyl groups is 15. The average Bonchev–Trinajstić information content (AvgIpc) is 0.794. The molecule has 0 saturated heterocycles. The van der Waals surface area contributed by atoms with Crippen LogP contribution in [0.3, 0.4) is 0 Å². The van der Waals surface area contributed by atoms with E-state index in [0.717, 1.165) is 30.5 Å². The van der Waals surface area contributed by atoms with Gasteiger partial charge < -0.3 is 140 Å². The van der Waals surface area contributed by atoms with Gasteiger partial charge in [-0.15, -0.1) is 0 Å². The van der Waals surface area contributed by atoms with Crippen LogP contribution in [-0.4, -0.2) is 354 Å². The number of aliphatic hydroxyl groups excluding tert-OH is 15. The number of aliphatic carboxylic acids is 4. The van der Waals surface area contributed by atoms with E-state index in [4.69, 9.17) is 10.8 Å². The Morgan fingerprint density at radius 2 is 0.844 bits per heavy atom. The molecule has 0 spiro atoms. The molecule has 0 unspecified atom stereocenters. The first-order valence-electron chi connectivity index (χ1n) is 37.2. The number of ketones is 3. The monoisotopic (exact) mass is 1770 g/mol. The second-order valence-corrected chi connectivity index (χ2v) is 28.4. The highest BCUT2D eigenvalue weighted by atomic mass is 32.1. The number of thiol groups is 1. The molecule has 0 aliphatic heterocycles. The van der Waals surface area contributed by atoms with Crippen LogP contribution in [0.15, 0.2) is 35.3 Å². The maximum Gasteiger partial charge on any atom is 0.471 e. The summed E-state index contributed by atoms with van der Waals surface area (Å²) in [6, 6.07) is -4.60. The van der Waals surface area contributed by atoms with E-state index in [1.54, 1.807) is 0 Å². The molecule has 1 aromatic carbocycles. The van der Waals surface area contributed by atoms with Gasteiger partial charge in [-0.25, -0.2) is 19.6 Å². The van der Waals surface area contributed by atoms with E-state index in [0.29, 0.717) is 0 Å². The Kier molecular flexibility index (Phi) is 44.5. The normalized spacial score (nSPS) is 16.3. The molecule has 3 rings (SSSR count). The second-order valence-electron chi connectivity index (χ2n) is 28.0. The Hall–Kier alpha value is -10.6. The van der Waals surface area contributed by atoms with Gasteiger partial charge in [0.05, 0.1) is 68.7 Å². The predicted octanol–water partition coefficient (Wildman–Crippen LogP) is -10.7. The summed E-state index contributed by atoms with van der Waals surface area (Å²) in [5.74, 6) is -28.2. The molecule has 29 N–H and O–H groups in total. The topological polar surface area (TPSA) is 825 Å². The number of carbonyl (C=O) groups is 15. The summed E-state index contributed by atoms with van der Waals surface area (Å²) in [5, 5.41) is 204. The van der Waals surface area contributed by atoms with E-state index in [-0.39, 0.29) is 22.2 Å². The number of nitrogen functional groups attached to an aromatic ring is 1. The number of carboxylic acid groups (broad SMARTS) is 4. The van der Waals surface area contributed by atoms with Crippen LogP contribution in [0.5, 0.6) is 0 Å². The molecule has 0 saturated carbocycles. The first kappa shape index (κ1) is 106. The fourth-order valence-electron chi connectivity index (χ4n) is 11.5. The van der Waals surface area contributed by atoms with Crippen LogP contribution in [0.4, 0.5) is 24.8 Å². The molecule has 0 fully saturated rings. The third kappa shape index (κ3) is 35.1. The first-order chi connectivity index (χ1) is 57.1. The van der Waals surface area contributed by atoms with Crippen molar-refractivity contribution in [3.05, 3.63) is 52.1 Å². The summed E-state index contributed by atoms with van der Waals surface area (Å²) in [6.07, 6.45) is -43.9. The number of halogens is 3. The third-order valence-corrected chi connectivity index (χ3v) is 19.1. The zero-order valence-electron chi connectivity index (χ0n) is 64.6. The van der Waals surface area contributed by atoms with Crippen molar-refractivity contribution < 1.29 is 182 Å². The molecule has 0 aliphatic carbocycles. The number of alkyl halides is 3. The molecule has 0 radical (unpaired) electrons. The fourth-order valence-corrected chi connectivity index (χ4v) is 11.7. The number of benzene rings is 1. The molecule has 2 aromatic heterocycles. The lowest BCUT2D eigenvalue weighted by Crippen LogP contribution is -2.50. The van der Waals surface area contributed by atoms with Crippen LogP contribution in [0.1, 0.15) is 112 Å². The van der Waals surface area contributed by atoms with Gasteiger partial charge in [0.15, 0.2) is 22.7 Å². The van der Waals surface area contributed by atoms with Crippen molar-refractivity contribution in [1.29, 1.82) is 0 Å². The van der Waals surface area contributed by atoms with Crippen molar-refractivity contribution in [3.63, 3.8) is 0 Å². The van der Waals surface area contributed by atoms with E-state index in [1.807, 2.05) is 0 Å². The van der Waals surface area contributed by atoms with Gasteiger partial charge in [0, 0.05) is 112 Å². The molecule has 19 atom stereocenters. The van der Waals surface area contributed by atoms with Gasteiger partial charge in [-0.1, -0.05) is 0 Å². The van der Waals surface area contributed by atoms with Crippen molar-refractivity contribution in [2.75, 3.05) is 55.8 Å². The number of rotatable bonds is 58. The van der Waals surface area contributed by atoms with Gasteiger partial charge in [0.2, 0.25) is 41.4 Å². The lowest BCUT2D eigenvalue weighted by atomic mass is 9.89. The quantitative estimate of drug-likeness (QED) is 0.0233. The fraction of sp³-hybridized carbons (Fsp3) is 0.614. The third-order valence-electron chi connectivity index (χ3n) is 18.7. The van der Waals surface area contributed by atoms with E-state index in [1.165, 1.54) is 0 Å². The first-order valence-corrected chi connectivity index (χ1v) is 37.8. The van der Waals surface area contributed by atoms with Gasteiger partial charge in [-0.05, 0) is 62.8 Å². The molecule has 0 aliphatic rings. The lowest BCUT2D eigenvalue weighted by molar-refractivity contribution is -0.170. The molecular formula is C70H100F3N13O35S. The Balaban J connectivity index is 2.10. The molecule has 122 heavy (non-hydrogen) atoms. The SMILES string of the molecule is Nc1nc2ncc(CN(C(=O)C(F)(F)F)c3ccc(C(=O)N[C@H](CCC(=O)C[C@@H](CCC(=O)NC[C@H](O)[C@@H](O)[C@H](O)[C@H](O)CO)C(=O)N[C@H](CCC(=O)O)C(=O)C[C@@H](CCC(=O)NC[C@H](O)[C@@H](O)[C@H](O)[C@H](O)CO)C(=O)N[C@H](CCC(=O)O)C(=O)C[C@@H](CCC(=O)NC[C@H](O)[C@@H](O)[C@H](O)[C@H](O)CO)C(=O)N[C@H](CS)C(=O)O)C(=O)O)cc3)nc2c(=O)[nH]1. The Morgan fingerprint density at radius 3 is 1.20 bits per heavy atom. The zero-order chi connectivity index (χ0) is 92.3. The highest BCUT2D eigenvalue weighted by Crippen LogP contribution is 2.28. The average molecular weight is 1770 g/mol. The van der Waals surface area contributed by atoms with Crippen molar-refractivity contribution in [2.24, 2.45) is 17.8 Å². The highest BCUT2D eigenvalue weighted by molar-refractivity contribution is 7.80. The number of hydrogen-bond donors (Lipinski definition) is 29. The van der Waals surface area contributed by atoms with Gasteiger partial charge in [0.1, 0.15) is 72.8 Å². The molecule has 3 aromatic rings.